The van der Waals surface area contributed by atoms with Gasteiger partial charge in [0.25, 0.3) is 5.91 Å². The number of amides is 1. The molecule has 144 valence electrons. The molecule has 2 aromatic rings. The highest BCUT2D eigenvalue weighted by Gasteiger charge is 2.35. The SMILES string of the molecule is Cc1ccc2c(c1)[C@H](NC(=O)[C@H](C)Oc1ccc(C)c(C)c1)CC(C)(C)O2. The molecule has 1 aliphatic rings. The number of carbonyl (C=O) groups is 1. The Balaban J connectivity index is 1.74. The average Bonchev–Trinajstić information content (AvgIpc) is 2.58. The molecule has 3 rings (SSSR count). The molecule has 2 aromatic carbocycles. The molecule has 0 aromatic heterocycles. The second kappa shape index (κ2) is 7.26. The topological polar surface area (TPSA) is 47.6 Å². The predicted molar refractivity (Wildman–Crippen MR) is 107 cm³/mol. The smallest absolute Gasteiger partial charge is 0.261 e. The summed E-state index contributed by atoms with van der Waals surface area (Å²) in [5.74, 6) is 1.43. The number of rotatable bonds is 4. The first-order valence-corrected chi connectivity index (χ1v) is 9.48. The molecule has 0 radical (unpaired) electrons. The van der Waals surface area contributed by atoms with Gasteiger partial charge in [-0.25, -0.2) is 0 Å². The predicted octanol–water partition coefficient (Wildman–Crippen LogP) is 4.80. The van der Waals surface area contributed by atoms with Crippen LogP contribution in [0, 0.1) is 20.8 Å². The summed E-state index contributed by atoms with van der Waals surface area (Å²) < 4.78 is 12.0. The molecule has 4 heteroatoms. The molecule has 0 aliphatic carbocycles. The summed E-state index contributed by atoms with van der Waals surface area (Å²) in [5.41, 5.74) is 4.20. The highest BCUT2D eigenvalue weighted by molar-refractivity contribution is 5.81. The van der Waals surface area contributed by atoms with Crippen LogP contribution in [0.4, 0.5) is 0 Å². The van der Waals surface area contributed by atoms with Crippen LogP contribution in [0.25, 0.3) is 0 Å². The van der Waals surface area contributed by atoms with Gasteiger partial charge in [-0.2, -0.15) is 0 Å². The summed E-state index contributed by atoms with van der Waals surface area (Å²) in [5, 5.41) is 3.16. The van der Waals surface area contributed by atoms with E-state index in [1.807, 2.05) is 58.0 Å². The number of ether oxygens (including phenoxy) is 2. The van der Waals surface area contributed by atoms with Gasteiger partial charge in [-0.1, -0.05) is 23.8 Å². The molecule has 0 fully saturated rings. The van der Waals surface area contributed by atoms with Crippen LogP contribution in [0.2, 0.25) is 0 Å². The molecule has 0 spiro atoms. The van der Waals surface area contributed by atoms with Crippen LogP contribution in [-0.4, -0.2) is 17.6 Å². The Labute approximate surface area is 161 Å². The van der Waals surface area contributed by atoms with Gasteiger partial charge in [0.05, 0.1) is 6.04 Å². The van der Waals surface area contributed by atoms with Crippen LogP contribution in [0.1, 0.15) is 55.5 Å². The van der Waals surface area contributed by atoms with Gasteiger partial charge in [0.2, 0.25) is 0 Å². The highest BCUT2D eigenvalue weighted by atomic mass is 16.5. The molecular weight excluding hydrogens is 338 g/mol. The largest absolute Gasteiger partial charge is 0.487 e. The van der Waals surface area contributed by atoms with E-state index in [4.69, 9.17) is 9.47 Å². The van der Waals surface area contributed by atoms with E-state index in [1.54, 1.807) is 6.92 Å². The van der Waals surface area contributed by atoms with Crippen molar-refractivity contribution in [3.8, 4) is 11.5 Å². The lowest BCUT2D eigenvalue weighted by molar-refractivity contribution is -0.128. The number of aryl methyl sites for hydroxylation is 3. The zero-order chi connectivity index (χ0) is 19.8. The maximum atomic E-state index is 12.8. The number of nitrogens with one attached hydrogen (secondary N) is 1. The summed E-state index contributed by atoms with van der Waals surface area (Å²) in [6.07, 6.45) is 0.136. The first kappa shape index (κ1) is 19.3. The molecule has 0 bridgehead atoms. The minimum atomic E-state index is -0.577. The summed E-state index contributed by atoms with van der Waals surface area (Å²) in [6.45, 7) is 12.0. The quantitative estimate of drug-likeness (QED) is 0.844. The summed E-state index contributed by atoms with van der Waals surface area (Å²) >= 11 is 0. The van der Waals surface area contributed by atoms with Crippen LogP contribution < -0.4 is 14.8 Å². The monoisotopic (exact) mass is 367 g/mol. The number of fused-ring (bicyclic) bond motifs is 1. The number of hydrogen-bond acceptors (Lipinski definition) is 3. The minimum absolute atomic E-state index is 0.0954. The van der Waals surface area contributed by atoms with Gasteiger partial charge in [0, 0.05) is 12.0 Å². The number of hydrogen-bond donors (Lipinski definition) is 1. The molecule has 0 saturated carbocycles. The van der Waals surface area contributed by atoms with Gasteiger partial charge in [0.15, 0.2) is 6.10 Å². The third kappa shape index (κ3) is 4.44. The lowest BCUT2D eigenvalue weighted by Gasteiger charge is -2.38. The van der Waals surface area contributed by atoms with Crippen LogP contribution in [0.5, 0.6) is 11.5 Å². The fourth-order valence-corrected chi connectivity index (χ4v) is 3.44. The van der Waals surface area contributed by atoms with Crippen LogP contribution in [0.3, 0.4) is 0 Å². The van der Waals surface area contributed by atoms with Crippen molar-refractivity contribution >= 4 is 5.91 Å². The number of carbonyl (C=O) groups excluding carboxylic acids is 1. The second-order valence-electron chi connectivity index (χ2n) is 8.17. The van der Waals surface area contributed by atoms with Crippen molar-refractivity contribution < 1.29 is 14.3 Å². The van der Waals surface area contributed by atoms with E-state index < -0.39 is 6.10 Å². The molecule has 27 heavy (non-hydrogen) atoms. The van der Waals surface area contributed by atoms with E-state index in [0.29, 0.717) is 12.2 Å². The van der Waals surface area contributed by atoms with E-state index >= 15 is 0 Å². The molecule has 1 N–H and O–H groups in total. The van der Waals surface area contributed by atoms with Gasteiger partial charge in [-0.3, -0.25) is 4.79 Å². The van der Waals surface area contributed by atoms with E-state index in [2.05, 4.69) is 18.3 Å². The van der Waals surface area contributed by atoms with Crippen LogP contribution in [-0.2, 0) is 4.79 Å². The van der Waals surface area contributed by atoms with Crippen molar-refractivity contribution in [2.45, 2.75) is 65.7 Å². The third-order valence-electron chi connectivity index (χ3n) is 5.10. The Morgan fingerprint density at radius 2 is 1.89 bits per heavy atom. The normalized spacial score (nSPS) is 18.8. The summed E-state index contributed by atoms with van der Waals surface area (Å²) in [6, 6.07) is 11.9. The summed E-state index contributed by atoms with van der Waals surface area (Å²) in [4.78, 5) is 12.8. The molecule has 2 atom stereocenters. The van der Waals surface area contributed by atoms with Crippen molar-refractivity contribution in [1.82, 2.24) is 5.32 Å². The van der Waals surface area contributed by atoms with Crippen molar-refractivity contribution in [3.05, 3.63) is 58.7 Å². The van der Waals surface area contributed by atoms with Gasteiger partial charge < -0.3 is 14.8 Å². The standard InChI is InChI=1S/C23H29NO3/c1-14-7-10-21-19(11-14)20(13-23(5,6)27-21)24-22(25)17(4)26-18-9-8-15(2)16(3)12-18/h7-12,17,20H,13H2,1-6H3,(H,24,25)/t17-,20+/m0/s1. The average molecular weight is 367 g/mol. The van der Waals surface area contributed by atoms with Gasteiger partial charge in [-0.05, 0) is 70.9 Å². The molecule has 1 amide bonds. The van der Waals surface area contributed by atoms with Gasteiger partial charge in [-0.15, -0.1) is 0 Å². The zero-order valence-corrected chi connectivity index (χ0v) is 17.1. The van der Waals surface area contributed by atoms with Crippen molar-refractivity contribution in [2.24, 2.45) is 0 Å². The number of benzene rings is 2. The zero-order valence-electron chi connectivity index (χ0n) is 17.1. The molecule has 0 saturated heterocycles. The van der Waals surface area contributed by atoms with E-state index in [9.17, 15) is 4.79 Å². The van der Waals surface area contributed by atoms with Gasteiger partial charge in [0.1, 0.15) is 17.1 Å². The Morgan fingerprint density at radius 3 is 2.59 bits per heavy atom. The Bertz CT molecular complexity index is 857. The molecule has 1 aliphatic heterocycles. The Hall–Kier alpha value is -2.49. The lowest BCUT2D eigenvalue weighted by Crippen LogP contribution is -2.44. The first-order valence-electron chi connectivity index (χ1n) is 9.48. The molecule has 1 heterocycles. The Kier molecular flexibility index (Phi) is 5.18. The van der Waals surface area contributed by atoms with Crippen molar-refractivity contribution in [1.29, 1.82) is 0 Å². The van der Waals surface area contributed by atoms with E-state index in [-0.39, 0.29) is 17.6 Å². The molecular formula is C23H29NO3. The fourth-order valence-electron chi connectivity index (χ4n) is 3.44. The Morgan fingerprint density at radius 1 is 1.15 bits per heavy atom. The van der Waals surface area contributed by atoms with Crippen LogP contribution >= 0.6 is 0 Å². The maximum absolute atomic E-state index is 12.8. The van der Waals surface area contributed by atoms with Crippen molar-refractivity contribution in [2.75, 3.05) is 0 Å². The molecule has 4 nitrogen and oxygen atoms in total. The lowest BCUT2D eigenvalue weighted by atomic mass is 9.89. The van der Waals surface area contributed by atoms with Crippen LogP contribution in [0.15, 0.2) is 36.4 Å². The first-order chi connectivity index (χ1) is 12.6. The van der Waals surface area contributed by atoms with Crippen molar-refractivity contribution in [3.63, 3.8) is 0 Å². The summed E-state index contributed by atoms with van der Waals surface area (Å²) in [7, 11) is 0. The highest BCUT2D eigenvalue weighted by Crippen LogP contribution is 2.39. The van der Waals surface area contributed by atoms with E-state index in [0.717, 1.165) is 22.4 Å². The maximum Gasteiger partial charge on any atom is 0.261 e. The fraction of sp³-hybridized carbons (Fsp3) is 0.435. The molecule has 0 unspecified atom stereocenters. The van der Waals surface area contributed by atoms with E-state index in [1.165, 1.54) is 5.56 Å². The third-order valence-corrected chi connectivity index (χ3v) is 5.10. The van der Waals surface area contributed by atoms with Gasteiger partial charge >= 0.3 is 0 Å². The minimum Gasteiger partial charge on any atom is -0.487 e. The second-order valence-corrected chi connectivity index (χ2v) is 8.17.